The van der Waals surface area contributed by atoms with Crippen LogP contribution in [0.5, 0.6) is 0 Å². The molecular formula is C23H23F3N6O5S2. The van der Waals surface area contributed by atoms with Gasteiger partial charge in [-0.15, -0.1) is 0 Å². The van der Waals surface area contributed by atoms with E-state index in [0.717, 1.165) is 41.8 Å². The van der Waals surface area contributed by atoms with Crippen LogP contribution in [-0.4, -0.2) is 72.0 Å². The van der Waals surface area contributed by atoms with E-state index in [2.05, 4.69) is 14.7 Å². The number of aromatic nitrogens is 2. The highest BCUT2D eigenvalue weighted by Gasteiger charge is 2.43. The molecule has 16 heteroatoms. The average molecular weight is 585 g/mol. The van der Waals surface area contributed by atoms with Crippen molar-refractivity contribution in [3.05, 3.63) is 41.7 Å². The van der Waals surface area contributed by atoms with E-state index in [1.54, 1.807) is 0 Å². The number of halogens is 3. The molecule has 4 N–H and O–H groups in total. The molecule has 3 aromatic rings. The molecule has 5 rings (SSSR count). The molecule has 39 heavy (non-hydrogen) atoms. The molecule has 1 amide bonds. The lowest BCUT2D eigenvalue weighted by molar-refractivity contribution is -0.149. The van der Waals surface area contributed by atoms with Crippen molar-refractivity contribution >= 4 is 55.0 Å². The number of hydrogen-bond donors (Lipinski definition) is 3. The maximum atomic E-state index is 13.9. The van der Waals surface area contributed by atoms with E-state index >= 15 is 0 Å². The second kappa shape index (κ2) is 9.91. The first kappa shape index (κ1) is 27.1. The molecule has 2 unspecified atom stereocenters. The highest BCUT2D eigenvalue weighted by atomic mass is 32.2. The number of amides is 1. The highest BCUT2D eigenvalue weighted by Crippen LogP contribution is 2.37. The van der Waals surface area contributed by atoms with Crippen LogP contribution >= 0.6 is 11.3 Å². The molecular weight excluding hydrogens is 561 g/mol. The quantitative estimate of drug-likeness (QED) is 0.360. The number of alkyl halides is 3. The van der Waals surface area contributed by atoms with Crippen molar-refractivity contribution in [1.29, 1.82) is 0 Å². The van der Waals surface area contributed by atoms with Crippen LogP contribution in [-0.2, 0) is 32.2 Å². The lowest BCUT2D eigenvalue weighted by Crippen LogP contribution is -2.48. The number of rotatable bonds is 8. The summed E-state index contributed by atoms with van der Waals surface area (Å²) in [6.07, 6.45) is -2.04. The molecule has 0 bridgehead atoms. The second-order valence-electron chi connectivity index (χ2n) is 9.28. The Kier molecular flexibility index (Phi) is 6.88. The Morgan fingerprint density at radius 2 is 2.00 bits per heavy atom. The van der Waals surface area contributed by atoms with Crippen molar-refractivity contribution in [3.63, 3.8) is 0 Å². The van der Waals surface area contributed by atoms with Crippen LogP contribution < -0.4 is 15.4 Å². The minimum absolute atomic E-state index is 0.0499. The molecule has 2 aliphatic rings. The smallest absolute Gasteiger partial charge is 0.416 e. The predicted molar refractivity (Wildman–Crippen MR) is 136 cm³/mol. The summed E-state index contributed by atoms with van der Waals surface area (Å²) < 4.78 is 69.8. The van der Waals surface area contributed by atoms with Gasteiger partial charge in [-0.25, -0.2) is 23.2 Å². The number of nitrogens with one attached hydrogen (secondary N) is 1. The Morgan fingerprint density at radius 3 is 2.64 bits per heavy atom. The van der Waals surface area contributed by atoms with E-state index in [-0.39, 0.29) is 33.9 Å². The van der Waals surface area contributed by atoms with Gasteiger partial charge in [0, 0.05) is 37.6 Å². The zero-order valence-electron chi connectivity index (χ0n) is 20.2. The molecule has 0 saturated carbocycles. The molecule has 4 heterocycles. The maximum Gasteiger partial charge on any atom is 0.416 e. The zero-order valence-corrected chi connectivity index (χ0v) is 21.8. The van der Waals surface area contributed by atoms with E-state index in [9.17, 15) is 36.3 Å². The molecule has 2 fully saturated rings. The summed E-state index contributed by atoms with van der Waals surface area (Å²) in [5.74, 6) is -2.46. The van der Waals surface area contributed by atoms with Crippen LogP contribution in [0.2, 0.25) is 0 Å². The van der Waals surface area contributed by atoms with Gasteiger partial charge in [0.2, 0.25) is 5.91 Å². The number of aliphatic carboxylic acids is 1. The fourth-order valence-electron chi connectivity index (χ4n) is 4.66. The van der Waals surface area contributed by atoms with E-state index < -0.39 is 52.1 Å². The average Bonchev–Trinajstić information content (AvgIpc) is 3.43. The number of likely N-dealkylation sites (tertiary alicyclic amines) is 1. The number of hydrogen-bond acceptors (Lipinski definition) is 9. The van der Waals surface area contributed by atoms with Crippen molar-refractivity contribution < 1.29 is 36.3 Å². The van der Waals surface area contributed by atoms with Gasteiger partial charge >= 0.3 is 12.1 Å². The van der Waals surface area contributed by atoms with Crippen molar-refractivity contribution in [1.82, 2.24) is 19.6 Å². The normalized spacial score (nSPS) is 18.9. The number of nitrogens with zero attached hydrogens (tertiary/aromatic N) is 4. The molecule has 2 aliphatic heterocycles. The Bertz CT molecular complexity index is 1560. The molecule has 0 aliphatic carbocycles. The summed E-state index contributed by atoms with van der Waals surface area (Å²) in [6.45, 7) is 1.38. The summed E-state index contributed by atoms with van der Waals surface area (Å²) in [4.78, 5) is 36.0. The fourth-order valence-corrected chi connectivity index (χ4v) is 7.07. The minimum atomic E-state index is -4.83. The number of carboxylic acid groups (broad SMARTS) is 1. The molecule has 0 radical (unpaired) electrons. The summed E-state index contributed by atoms with van der Waals surface area (Å²) >= 11 is 0.953. The number of pyridine rings is 1. The van der Waals surface area contributed by atoms with Gasteiger partial charge < -0.3 is 20.6 Å². The van der Waals surface area contributed by atoms with E-state index in [4.69, 9.17) is 5.73 Å². The number of sulfonamides is 1. The van der Waals surface area contributed by atoms with Gasteiger partial charge in [0.25, 0.3) is 10.0 Å². The van der Waals surface area contributed by atoms with E-state index in [1.807, 2.05) is 4.90 Å². The summed E-state index contributed by atoms with van der Waals surface area (Å²) in [7, 11) is -4.14. The third-order valence-electron chi connectivity index (χ3n) is 6.80. The molecule has 208 valence electrons. The number of carbonyl (C=O) groups is 2. The summed E-state index contributed by atoms with van der Waals surface area (Å²) in [6, 6.07) is 0.524. The van der Waals surface area contributed by atoms with E-state index in [1.165, 1.54) is 24.5 Å². The Labute approximate surface area is 224 Å². The van der Waals surface area contributed by atoms with Crippen LogP contribution in [0, 0.1) is 0 Å². The number of thiazole rings is 1. The monoisotopic (exact) mass is 584 g/mol. The number of carbonyl (C=O) groups excluding carboxylic acids is 1. The Hall–Kier alpha value is -3.50. The van der Waals surface area contributed by atoms with Crippen LogP contribution in [0.15, 0.2) is 34.8 Å². The lowest BCUT2D eigenvalue weighted by atomic mass is 9.95. The van der Waals surface area contributed by atoms with Crippen LogP contribution in [0.25, 0.3) is 10.8 Å². The molecule has 2 saturated heterocycles. The Balaban J connectivity index is 1.38. The fraction of sp³-hybridized carbons (Fsp3) is 0.391. The number of nitrogens with two attached hydrogens (primary N) is 1. The number of carboxylic acids is 1. The number of nitrogen functional groups attached to an aromatic ring is 1. The third kappa shape index (κ3) is 5.23. The minimum Gasteiger partial charge on any atom is -0.480 e. The first-order chi connectivity index (χ1) is 18.3. The SMILES string of the molecule is Nc1nccc2cc(CC(C(=O)O)N3CCC(NS(=O)(=O)c4cnc(N5CCC5)s4)C3=O)c(C(F)(F)F)cc12. The third-order valence-corrected chi connectivity index (χ3v) is 9.79. The largest absolute Gasteiger partial charge is 0.480 e. The lowest BCUT2D eigenvalue weighted by Gasteiger charge is -2.30. The zero-order chi connectivity index (χ0) is 28.1. The van der Waals surface area contributed by atoms with Gasteiger partial charge in [0.1, 0.15) is 17.9 Å². The van der Waals surface area contributed by atoms with Crippen molar-refractivity contribution in [2.45, 2.75) is 41.7 Å². The predicted octanol–water partition coefficient (Wildman–Crippen LogP) is 2.08. The summed E-state index contributed by atoms with van der Waals surface area (Å²) in [5.41, 5.74) is 4.30. The van der Waals surface area contributed by atoms with Crippen LogP contribution in [0.4, 0.5) is 24.1 Å². The molecule has 0 spiro atoms. The first-order valence-corrected chi connectivity index (χ1v) is 14.2. The van der Waals surface area contributed by atoms with Gasteiger partial charge in [0.05, 0.1) is 11.8 Å². The molecule has 1 aromatic carbocycles. The van der Waals surface area contributed by atoms with Gasteiger partial charge in [-0.3, -0.25) is 4.79 Å². The first-order valence-electron chi connectivity index (χ1n) is 11.9. The Morgan fingerprint density at radius 1 is 1.26 bits per heavy atom. The number of anilines is 2. The van der Waals surface area contributed by atoms with Crippen molar-refractivity contribution in [2.24, 2.45) is 0 Å². The number of fused-ring (bicyclic) bond motifs is 1. The topological polar surface area (TPSA) is 159 Å². The highest BCUT2D eigenvalue weighted by molar-refractivity contribution is 7.91. The van der Waals surface area contributed by atoms with Crippen molar-refractivity contribution in [2.75, 3.05) is 30.3 Å². The van der Waals surface area contributed by atoms with Gasteiger partial charge in [-0.2, -0.15) is 17.9 Å². The van der Waals surface area contributed by atoms with Gasteiger partial charge in [-0.1, -0.05) is 17.4 Å². The van der Waals surface area contributed by atoms with Gasteiger partial charge in [-0.05, 0) is 35.9 Å². The molecule has 11 nitrogen and oxygen atoms in total. The summed E-state index contributed by atoms with van der Waals surface area (Å²) in [5, 5.41) is 10.8. The standard InChI is InChI=1S/C23H23F3N6O5S2/c24-23(25,26)15-10-14-12(2-4-28-19(14)27)8-13(15)9-17(21(34)35)32-7-3-16(20(32)33)30-39(36,37)18-11-29-22(38-18)31-5-1-6-31/h2,4,8,10-11,16-17,30H,1,3,5-7,9H2,(H2,27,28)(H,34,35). The van der Waals surface area contributed by atoms with Crippen LogP contribution in [0.1, 0.15) is 24.0 Å². The molecule has 2 atom stereocenters. The van der Waals surface area contributed by atoms with Crippen LogP contribution in [0.3, 0.4) is 0 Å². The number of benzene rings is 1. The molecule has 2 aromatic heterocycles. The van der Waals surface area contributed by atoms with E-state index in [0.29, 0.717) is 10.5 Å². The maximum absolute atomic E-state index is 13.9. The van der Waals surface area contributed by atoms with Gasteiger partial charge in [0.15, 0.2) is 9.34 Å². The second-order valence-corrected chi connectivity index (χ2v) is 12.2. The van der Waals surface area contributed by atoms with Crippen molar-refractivity contribution in [3.8, 4) is 0 Å².